The molecule has 0 fully saturated rings. The van der Waals surface area contributed by atoms with Crippen LogP contribution in [0.4, 0.5) is 0 Å². The summed E-state index contributed by atoms with van der Waals surface area (Å²) in [6, 6.07) is 7.24. The Morgan fingerprint density at radius 1 is 1.40 bits per heavy atom. The molecule has 0 atom stereocenters. The van der Waals surface area contributed by atoms with Gasteiger partial charge in [-0.1, -0.05) is 23.7 Å². The predicted molar refractivity (Wildman–Crippen MR) is 79.5 cm³/mol. The van der Waals surface area contributed by atoms with Gasteiger partial charge in [0.15, 0.2) is 10.7 Å². The molecule has 0 aliphatic rings. The number of hydrogen-bond acceptors (Lipinski definition) is 4. The molecule has 3 rings (SSSR count). The molecule has 0 unspecified atom stereocenters. The summed E-state index contributed by atoms with van der Waals surface area (Å²) in [6.45, 7) is 2.11. The number of hydrogen-bond donors (Lipinski definition) is 0. The van der Waals surface area contributed by atoms with E-state index < -0.39 is 0 Å². The van der Waals surface area contributed by atoms with Gasteiger partial charge in [-0.05, 0) is 19.1 Å². The Balaban J connectivity index is 2.19. The highest BCUT2D eigenvalue weighted by Gasteiger charge is 2.22. The van der Waals surface area contributed by atoms with E-state index in [-0.39, 0.29) is 5.97 Å². The van der Waals surface area contributed by atoms with Crippen LogP contribution >= 0.6 is 22.9 Å². The number of aromatic nitrogens is 2. The van der Waals surface area contributed by atoms with Gasteiger partial charge in [-0.2, -0.15) is 0 Å². The van der Waals surface area contributed by atoms with Crippen LogP contribution in [0.2, 0.25) is 5.02 Å². The molecule has 0 saturated carbocycles. The molecule has 0 spiro atoms. The van der Waals surface area contributed by atoms with E-state index in [1.807, 2.05) is 23.7 Å². The fourth-order valence-corrected chi connectivity index (χ4v) is 2.83. The second-order valence-electron chi connectivity index (χ2n) is 4.09. The summed E-state index contributed by atoms with van der Waals surface area (Å²) in [6.07, 6.45) is 1.82. The molecule has 0 saturated heterocycles. The van der Waals surface area contributed by atoms with Crippen LogP contribution in [-0.2, 0) is 4.74 Å². The van der Waals surface area contributed by atoms with Crippen molar-refractivity contribution in [3.63, 3.8) is 0 Å². The number of carbonyl (C=O) groups excluding carboxylic acids is 1. The number of esters is 1. The molecule has 1 aromatic carbocycles. The number of carbonyl (C=O) groups is 1. The van der Waals surface area contributed by atoms with Crippen molar-refractivity contribution in [2.24, 2.45) is 0 Å². The lowest BCUT2D eigenvalue weighted by molar-refractivity contribution is 0.0519. The van der Waals surface area contributed by atoms with Crippen molar-refractivity contribution in [2.45, 2.75) is 6.92 Å². The summed E-state index contributed by atoms with van der Waals surface area (Å²) in [5.74, 6) is -0.372. The van der Waals surface area contributed by atoms with Crippen molar-refractivity contribution in [2.75, 3.05) is 6.61 Å². The third-order valence-electron chi connectivity index (χ3n) is 2.85. The van der Waals surface area contributed by atoms with Crippen LogP contribution < -0.4 is 0 Å². The van der Waals surface area contributed by atoms with Gasteiger partial charge in [-0.15, -0.1) is 11.3 Å². The molecule has 0 aliphatic carbocycles. The van der Waals surface area contributed by atoms with E-state index in [9.17, 15) is 4.79 Å². The highest BCUT2D eigenvalue weighted by atomic mass is 35.5. The monoisotopic (exact) mass is 306 g/mol. The van der Waals surface area contributed by atoms with Gasteiger partial charge < -0.3 is 4.74 Å². The van der Waals surface area contributed by atoms with Gasteiger partial charge in [0.1, 0.15) is 5.69 Å². The molecule has 0 N–H and O–H groups in total. The standard InChI is InChI=1S/C14H11ClN2O2S/c1-2-19-13(18)12-11(9-3-5-10(15)6-4-9)16-14-17(12)7-8-20-14/h3-8H,2H2,1H3. The molecule has 102 valence electrons. The van der Waals surface area contributed by atoms with E-state index in [0.29, 0.717) is 23.0 Å². The molecule has 0 radical (unpaired) electrons. The second kappa shape index (κ2) is 5.26. The lowest BCUT2D eigenvalue weighted by Gasteiger charge is -2.04. The van der Waals surface area contributed by atoms with Crippen molar-refractivity contribution in [3.8, 4) is 11.3 Å². The zero-order chi connectivity index (χ0) is 14.1. The summed E-state index contributed by atoms with van der Waals surface area (Å²) in [5.41, 5.74) is 1.91. The number of thiazole rings is 1. The Labute approximate surface area is 124 Å². The molecule has 2 heterocycles. The van der Waals surface area contributed by atoms with Gasteiger partial charge in [-0.3, -0.25) is 4.40 Å². The molecule has 0 bridgehead atoms. The smallest absolute Gasteiger partial charge is 0.357 e. The molecule has 0 amide bonds. The fourth-order valence-electron chi connectivity index (χ4n) is 1.99. The quantitative estimate of drug-likeness (QED) is 0.689. The van der Waals surface area contributed by atoms with E-state index >= 15 is 0 Å². The summed E-state index contributed by atoms with van der Waals surface area (Å²) >= 11 is 7.37. The van der Waals surface area contributed by atoms with Crippen LogP contribution in [0, 0.1) is 0 Å². The van der Waals surface area contributed by atoms with Crippen molar-refractivity contribution in [1.82, 2.24) is 9.38 Å². The predicted octanol–water partition coefficient (Wildman–Crippen LogP) is 3.89. The lowest BCUT2D eigenvalue weighted by Crippen LogP contribution is -2.08. The summed E-state index contributed by atoms with van der Waals surface area (Å²) in [5, 5.41) is 2.53. The Bertz CT molecular complexity index is 761. The summed E-state index contributed by atoms with van der Waals surface area (Å²) in [7, 11) is 0. The maximum Gasteiger partial charge on any atom is 0.357 e. The summed E-state index contributed by atoms with van der Waals surface area (Å²) in [4.78, 5) is 17.4. The molecule has 4 nitrogen and oxygen atoms in total. The molecule has 6 heteroatoms. The molecule has 2 aromatic heterocycles. The minimum atomic E-state index is -0.372. The first-order chi connectivity index (χ1) is 9.70. The number of fused-ring (bicyclic) bond motifs is 1. The number of benzene rings is 1. The first kappa shape index (κ1) is 13.1. The number of ether oxygens (including phenoxy) is 1. The number of nitrogens with zero attached hydrogens (tertiary/aromatic N) is 2. The normalized spacial score (nSPS) is 10.9. The average molecular weight is 307 g/mol. The number of imidazole rings is 1. The van der Waals surface area contributed by atoms with Crippen molar-refractivity contribution in [1.29, 1.82) is 0 Å². The summed E-state index contributed by atoms with van der Waals surface area (Å²) < 4.78 is 6.88. The van der Waals surface area contributed by atoms with Crippen LogP contribution in [0.25, 0.3) is 16.2 Å². The number of halogens is 1. The van der Waals surface area contributed by atoms with Crippen molar-refractivity contribution >= 4 is 33.9 Å². The van der Waals surface area contributed by atoms with Crippen LogP contribution in [0.15, 0.2) is 35.8 Å². The zero-order valence-electron chi connectivity index (χ0n) is 10.7. The van der Waals surface area contributed by atoms with Gasteiger partial charge >= 0.3 is 5.97 Å². The minimum Gasteiger partial charge on any atom is -0.461 e. The third-order valence-corrected chi connectivity index (χ3v) is 3.86. The van der Waals surface area contributed by atoms with E-state index in [4.69, 9.17) is 16.3 Å². The fraction of sp³-hybridized carbons (Fsp3) is 0.143. The third kappa shape index (κ3) is 2.19. The molecule has 20 heavy (non-hydrogen) atoms. The highest BCUT2D eigenvalue weighted by Crippen LogP contribution is 2.28. The minimum absolute atomic E-state index is 0.330. The van der Waals surface area contributed by atoms with Crippen LogP contribution in [0.5, 0.6) is 0 Å². The largest absolute Gasteiger partial charge is 0.461 e. The van der Waals surface area contributed by atoms with Gasteiger partial charge in [0.25, 0.3) is 0 Å². The maximum absolute atomic E-state index is 12.2. The first-order valence-electron chi connectivity index (χ1n) is 6.09. The van der Waals surface area contributed by atoms with Gasteiger partial charge in [0.05, 0.1) is 6.61 Å². The van der Waals surface area contributed by atoms with Gasteiger partial charge in [-0.25, -0.2) is 9.78 Å². The molecule has 0 aliphatic heterocycles. The van der Waals surface area contributed by atoms with Crippen LogP contribution in [-0.4, -0.2) is 22.0 Å². The Morgan fingerprint density at radius 3 is 2.85 bits per heavy atom. The highest BCUT2D eigenvalue weighted by molar-refractivity contribution is 7.15. The lowest BCUT2D eigenvalue weighted by atomic mass is 10.1. The average Bonchev–Trinajstić information content (AvgIpc) is 2.99. The Morgan fingerprint density at radius 2 is 2.15 bits per heavy atom. The van der Waals surface area contributed by atoms with Crippen molar-refractivity contribution < 1.29 is 9.53 Å². The number of rotatable bonds is 3. The first-order valence-corrected chi connectivity index (χ1v) is 7.35. The van der Waals surface area contributed by atoms with Gasteiger partial charge in [0.2, 0.25) is 0 Å². The van der Waals surface area contributed by atoms with E-state index in [0.717, 1.165) is 10.5 Å². The molecular formula is C14H11ClN2O2S. The second-order valence-corrected chi connectivity index (χ2v) is 5.40. The molecular weight excluding hydrogens is 296 g/mol. The van der Waals surface area contributed by atoms with Gasteiger partial charge in [0, 0.05) is 22.2 Å². The van der Waals surface area contributed by atoms with Crippen LogP contribution in [0.1, 0.15) is 17.4 Å². The maximum atomic E-state index is 12.2. The topological polar surface area (TPSA) is 43.6 Å². The zero-order valence-corrected chi connectivity index (χ0v) is 12.2. The molecule has 3 aromatic rings. The van der Waals surface area contributed by atoms with E-state index in [1.54, 1.807) is 23.5 Å². The van der Waals surface area contributed by atoms with E-state index in [1.165, 1.54) is 11.3 Å². The Kier molecular flexibility index (Phi) is 3.46. The SMILES string of the molecule is CCOC(=O)c1c(-c2ccc(Cl)cc2)nc2sccn12. The van der Waals surface area contributed by atoms with E-state index in [2.05, 4.69) is 4.98 Å². The Hall–Kier alpha value is -1.85. The van der Waals surface area contributed by atoms with Crippen LogP contribution in [0.3, 0.4) is 0 Å². The van der Waals surface area contributed by atoms with Crippen molar-refractivity contribution in [3.05, 3.63) is 46.6 Å².